The SMILES string of the molecule is COCc1cccc(CC(C(=O)c2ccoc2)c2ccc(OC)cc2NC(=O)OC(C)(C)C)c1. The van der Waals surface area contributed by atoms with Crippen LogP contribution < -0.4 is 10.1 Å². The molecule has 7 heteroatoms. The van der Waals surface area contributed by atoms with Gasteiger partial charge in [-0.3, -0.25) is 10.1 Å². The topological polar surface area (TPSA) is 87.0 Å². The van der Waals surface area contributed by atoms with Crippen LogP contribution in [-0.4, -0.2) is 31.7 Å². The summed E-state index contributed by atoms with van der Waals surface area (Å²) in [6.45, 7) is 5.84. The van der Waals surface area contributed by atoms with Gasteiger partial charge in [0.05, 0.1) is 37.1 Å². The van der Waals surface area contributed by atoms with Crippen LogP contribution in [-0.2, 0) is 22.5 Å². The Morgan fingerprint density at radius 1 is 1.03 bits per heavy atom. The largest absolute Gasteiger partial charge is 0.497 e. The van der Waals surface area contributed by atoms with Crippen LogP contribution >= 0.6 is 0 Å². The number of carbonyl (C=O) groups excluding carboxylic acids is 2. The molecule has 1 atom stereocenters. The highest BCUT2D eigenvalue weighted by atomic mass is 16.6. The molecule has 3 aromatic rings. The minimum absolute atomic E-state index is 0.122. The molecule has 3 rings (SSSR count). The summed E-state index contributed by atoms with van der Waals surface area (Å²) < 4.78 is 21.2. The second-order valence-electron chi connectivity index (χ2n) is 8.97. The van der Waals surface area contributed by atoms with Gasteiger partial charge in [0.2, 0.25) is 0 Å². The van der Waals surface area contributed by atoms with Crippen molar-refractivity contribution in [2.75, 3.05) is 19.5 Å². The van der Waals surface area contributed by atoms with E-state index in [-0.39, 0.29) is 5.78 Å². The monoisotopic (exact) mass is 465 g/mol. The Hall–Kier alpha value is -3.58. The fourth-order valence-corrected chi connectivity index (χ4v) is 3.69. The summed E-state index contributed by atoms with van der Waals surface area (Å²) in [5, 5.41) is 2.80. The molecular weight excluding hydrogens is 434 g/mol. The van der Waals surface area contributed by atoms with E-state index in [4.69, 9.17) is 18.6 Å². The first-order valence-corrected chi connectivity index (χ1v) is 11.0. The number of carbonyl (C=O) groups is 2. The Morgan fingerprint density at radius 2 is 1.79 bits per heavy atom. The van der Waals surface area contributed by atoms with E-state index >= 15 is 0 Å². The third-order valence-electron chi connectivity index (χ3n) is 5.14. The summed E-state index contributed by atoms with van der Waals surface area (Å²) >= 11 is 0. The summed E-state index contributed by atoms with van der Waals surface area (Å²) in [6.07, 6.45) is 2.70. The fraction of sp³-hybridized carbons (Fsp3) is 0.333. The van der Waals surface area contributed by atoms with Crippen LogP contribution in [0.25, 0.3) is 0 Å². The average Bonchev–Trinajstić information content (AvgIpc) is 3.31. The highest BCUT2D eigenvalue weighted by Gasteiger charge is 2.27. The Labute approximate surface area is 200 Å². The van der Waals surface area contributed by atoms with Gasteiger partial charge in [0.15, 0.2) is 5.78 Å². The van der Waals surface area contributed by atoms with Crippen LogP contribution in [0.1, 0.15) is 53.7 Å². The highest BCUT2D eigenvalue weighted by molar-refractivity contribution is 6.02. The molecule has 0 aliphatic rings. The van der Waals surface area contributed by atoms with Gasteiger partial charge in [-0.05, 0) is 56.0 Å². The van der Waals surface area contributed by atoms with E-state index in [1.165, 1.54) is 12.5 Å². The van der Waals surface area contributed by atoms with Gasteiger partial charge in [-0.2, -0.15) is 0 Å². The van der Waals surface area contributed by atoms with E-state index in [1.807, 2.05) is 24.3 Å². The Morgan fingerprint density at radius 3 is 2.44 bits per heavy atom. The molecule has 180 valence electrons. The number of anilines is 1. The molecule has 0 saturated heterocycles. The number of amides is 1. The molecule has 0 aliphatic carbocycles. The summed E-state index contributed by atoms with van der Waals surface area (Å²) in [6, 6.07) is 14.8. The van der Waals surface area contributed by atoms with Crippen molar-refractivity contribution >= 4 is 17.6 Å². The standard InChI is InChI=1S/C27H31NO6/c1-27(2,3)34-26(30)28-24-15-21(32-5)9-10-22(24)23(25(29)20-11-12-33-17-20)14-18-7-6-8-19(13-18)16-31-4/h6-13,15,17,23H,14,16H2,1-5H3,(H,28,30). The van der Waals surface area contributed by atoms with Gasteiger partial charge < -0.3 is 18.6 Å². The summed E-state index contributed by atoms with van der Waals surface area (Å²) in [5.41, 5.74) is 2.86. The number of rotatable bonds is 9. The lowest BCUT2D eigenvalue weighted by atomic mass is 9.85. The second kappa shape index (κ2) is 11.0. The molecule has 2 aromatic carbocycles. The van der Waals surface area contributed by atoms with Crippen molar-refractivity contribution < 1.29 is 28.2 Å². The number of hydrogen-bond donors (Lipinski definition) is 1. The number of hydrogen-bond acceptors (Lipinski definition) is 6. The molecule has 1 heterocycles. The number of nitrogens with one attached hydrogen (secondary N) is 1. The number of ether oxygens (including phenoxy) is 3. The first kappa shape index (κ1) is 25.1. The van der Waals surface area contributed by atoms with E-state index in [9.17, 15) is 9.59 Å². The predicted molar refractivity (Wildman–Crippen MR) is 129 cm³/mol. The van der Waals surface area contributed by atoms with Crippen LogP contribution in [0.4, 0.5) is 10.5 Å². The fourth-order valence-electron chi connectivity index (χ4n) is 3.69. The zero-order valence-electron chi connectivity index (χ0n) is 20.2. The molecule has 0 saturated carbocycles. The maximum absolute atomic E-state index is 13.6. The van der Waals surface area contributed by atoms with Crippen LogP contribution in [0.2, 0.25) is 0 Å². The lowest BCUT2D eigenvalue weighted by Gasteiger charge is -2.23. The van der Waals surface area contributed by atoms with Crippen molar-refractivity contribution in [1.29, 1.82) is 0 Å². The predicted octanol–water partition coefficient (Wildman–Crippen LogP) is 5.99. The van der Waals surface area contributed by atoms with Crippen molar-refractivity contribution in [2.24, 2.45) is 0 Å². The van der Waals surface area contributed by atoms with Gasteiger partial charge in [0.25, 0.3) is 0 Å². The van der Waals surface area contributed by atoms with Crippen LogP contribution in [0.3, 0.4) is 0 Å². The lowest BCUT2D eigenvalue weighted by Crippen LogP contribution is -2.28. The molecule has 1 N–H and O–H groups in total. The maximum Gasteiger partial charge on any atom is 0.412 e. The van der Waals surface area contributed by atoms with Crippen molar-refractivity contribution in [3.63, 3.8) is 0 Å². The number of Topliss-reactive ketones (excluding diaryl/α,β-unsaturated/α-hetero) is 1. The van der Waals surface area contributed by atoms with Crippen LogP contribution in [0.5, 0.6) is 5.75 Å². The van der Waals surface area contributed by atoms with Crippen LogP contribution in [0.15, 0.2) is 65.5 Å². The minimum Gasteiger partial charge on any atom is -0.497 e. The molecule has 7 nitrogen and oxygen atoms in total. The van der Waals surface area contributed by atoms with Gasteiger partial charge in [-0.25, -0.2) is 4.79 Å². The molecule has 1 amide bonds. The van der Waals surface area contributed by atoms with Crippen molar-refractivity contribution in [1.82, 2.24) is 0 Å². The molecule has 0 spiro atoms. The maximum atomic E-state index is 13.6. The molecule has 0 fully saturated rings. The van der Waals surface area contributed by atoms with Crippen molar-refractivity contribution in [3.8, 4) is 5.75 Å². The number of ketones is 1. The highest BCUT2D eigenvalue weighted by Crippen LogP contribution is 2.34. The number of methoxy groups -OCH3 is 2. The van der Waals surface area contributed by atoms with Gasteiger partial charge in [-0.15, -0.1) is 0 Å². The van der Waals surface area contributed by atoms with Crippen molar-refractivity contribution in [3.05, 3.63) is 83.3 Å². The van der Waals surface area contributed by atoms with Gasteiger partial charge >= 0.3 is 6.09 Å². The minimum atomic E-state index is -0.670. The first-order valence-electron chi connectivity index (χ1n) is 11.0. The molecule has 0 aliphatic heterocycles. The van der Waals surface area contributed by atoms with E-state index in [1.54, 1.807) is 59.3 Å². The summed E-state index contributed by atoms with van der Waals surface area (Å²) in [7, 11) is 3.19. The smallest absolute Gasteiger partial charge is 0.412 e. The molecular formula is C27H31NO6. The molecule has 34 heavy (non-hydrogen) atoms. The van der Waals surface area contributed by atoms with E-state index in [0.717, 1.165) is 11.1 Å². The normalized spacial score (nSPS) is 12.1. The molecule has 1 aromatic heterocycles. The summed E-state index contributed by atoms with van der Waals surface area (Å²) in [4.78, 5) is 26.2. The Balaban J connectivity index is 2.03. The second-order valence-corrected chi connectivity index (χ2v) is 8.97. The first-order chi connectivity index (χ1) is 16.2. The van der Waals surface area contributed by atoms with E-state index in [0.29, 0.717) is 35.6 Å². The van der Waals surface area contributed by atoms with Gasteiger partial charge in [-0.1, -0.05) is 30.3 Å². The lowest BCUT2D eigenvalue weighted by molar-refractivity contribution is 0.0635. The van der Waals surface area contributed by atoms with E-state index < -0.39 is 17.6 Å². The quantitative estimate of drug-likeness (QED) is 0.391. The molecule has 0 bridgehead atoms. The number of furan rings is 1. The molecule has 0 radical (unpaired) electrons. The van der Waals surface area contributed by atoms with Crippen LogP contribution in [0, 0.1) is 0 Å². The van der Waals surface area contributed by atoms with Gasteiger partial charge in [0, 0.05) is 13.2 Å². The van der Waals surface area contributed by atoms with E-state index in [2.05, 4.69) is 5.32 Å². The third kappa shape index (κ3) is 6.71. The number of benzene rings is 2. The van der Waals surface area contributed by atoms with Gasteiger partial charge in [0.1, 0.15) is 17.6 Å². The summed E-state index contributed by atoms with van der Waals surface area (Å²) in [5.74, 6) is -0.166. The average molecular weight is 466 g/mol. The zero-order chi connectivity index (χ0) is 24.7. The Bertz CT molecular complexity index is 1110. The third-order valence-corrected chi connectivity index (χ3v) is 5.14. The van der Waals surface area contributed by atoms with Crippen molar-refractivity contribution in [2.45, 2.75) is 45.3 Å². The Kier molecular flexibility index (Phi) is 8.12. The molecule has 1 unspecified atom stereocenters. The zero-order valence-corrected chi connectivity index (χ0v) is 20.2.